The summed E-state index contributed by atoms with van der Waals surface area (Å²) in [6.07, 6.45) is 0. The first-order valence-corrected chi connectivity index (χ1v) is 14.2. The number of anilines is 2. The molecule has 4 aromatic rings. The fraction of sp³-hybridized carbons (Fsp3) is 0.129. The summed E-state index contributed by atoms with van der Waals surface area (Å²) in [5.74, 6) is -0.566. The Hall–Kier alpha value is -4.96. The van der Waals surface area contributed by atoms with Gasteiger partial charge in [0.25, 0.3) is 21.8 Å². The first-order chi connectivity index (χ1) is 19.7. The molecule has 0 aliphatic rings. The minimum absolute atomic E-state index is 0.0425. The van der Waals surface area contributed by atoms with Gasteiger partial charge in [-0.15, -0.1) is 0 Å². The predicted molar refractivity (Wildman–Crippen MR) is 160 cm³/mol. The number of rotatable bonds is 10. The fourth-order valence-electron chi connectivity index (χ4n) is 3.94. The largest absolute Gasteiger partial charge is 0.495 e. The van der Waals surface area contributed by atoms with Gasteiger partial charge in [0.2, 0.25) is 0 Å². The molecular weight excluding hydrogens is 540 g/mol. The molecule has 2 N–H and O–H groups in total. The maximum absolute atomic E-state index is 13.6. The highest BCUT2D eigenvalue weighted by atomic mass is 32.2. The van der Waals surface area contributed by atoms with Crippen LogP contribution in [0.2, 0.25) is 0 Å². The van der Waals surface area contributed by atoms with Crippen LogP contribution < -0.4 is 19.8 Å². The molecule has 4 aromatic carbocycles. The number of aryl methyl sites for hydroxylation is 1. The molecule has 0 unspecified atom stereocenters. The Balaban J connectivity index is 1.49. The first-order valence-electron chi connectivity index (χ1n) is 12.7. The fourth-order valence-corrected chi connectivity index (χ4v) is 5.37. The molecule has 210 valence electrons. The highest BCUT2D eigenvalue weighted by molar-refractivity contribution is 7.92. The van der Waals surface area contributed by atoms with Gasteiger partial charge in [0.1, 0.15) is 12.3 Å². The van der Waals surface area contributed by atoms with Crippen molar-refractivity contribution in [2.45, 2.75) is 18.7 Å². The first kappa shape index (κ1) is 29.0. The lowest BCUT2D eigenvalue weighted by Gasteiger charge is -2.25. The van der Waals surface area contributed by atoms with Crippen LogP contribution >= 0.6 is 0 Å². The molecule has 0 aromatic heterocycles. The standard InChI is InChI=1S/C31H30N4O5S/c1-22-13-19-27(20-14-22)41(38,39)35(28-11-7-8-12-29(28)40-3)21-30(36)34-33-23(2)24-15-17-26(18-16-24)32-31(37)25-9-5-4-6-10-25/h4-20H,21H2,1-3H3,(H,32,37)(H,34,36)/b33-23-. The van der Waals surface area contributed by atoms with E-state index < -0.39 is 22.5 Å². The number of nitrogens with zero attached hydrogens (tertiary/aromatic N) is 2. The zero-order valence-corrected chi connectivity index (χ0v) is 23.7. The number of para-hydroxylation sites is 2. The van der Waals surface area contributed by atoms with Crippen LogP contribution in [0.25, 0.3) is 0 Å². The third-order valence-electron chi connectivity index (χ3n) is 6.19. The Morgan fingerprint density at radius 3 is 2.12 bits per heavy atom. The summed E-state index contributed by atoms with van der Waals surface area (Å²) in [5.41, 5.74) is 5.92. The Labute approximate surface area is 239 Å². The minimum Gasteiger partial charge on any atom is -0.495 e. The molecular formula is C31H30N4O5S. The van der Waals surface area contributed by atoms with E-state index in [1.54, 1.807) is 91.9 Å². The van der Waals surface area contributed by atoms with Crippen LogP contribution in [0, 0.1) is 6.92 Å². The molecule has 4 rings (SSSR count). The van der Waals surface area contributed by atoms with Crippen molar-refractivity contribution < 1.29 is 22.7 Å². The van der Waals surface area contributed by atoms with Crippen molar-refractivity contribution in [3.8, 4) is 5.75 Å². The number of amides is 2. The molecule has 9 nitrogen and oxygen atoms in total. The van der Waals surface area contributed by atoms with Gasteiger partial charge in [-0.3, -0.25) is 13.9 Å². The van der Waals surface area contributed by atoms with Crippen LogP contribution in [0.4, 0.5) is 11.4 Å². The van der Waals surface area contributed by atoms with Crippen LogP contribution in [0.3, 0.4) is 0 Å². The molecule has 0 fully saturated rings. The average Bonchev–Trinajstić information content (AvgIpc) is 2.99. The Bertz CT molecular complexity index is 1650. The van der Waals surface area contributed by atoms with Gasteiger partial charge in [0.15, 0.2) is 0 Å². The summed E-state index contributed by atoms with van der Waals surface area (Å²) in [6, 6.07) is 28.8. The van der Waals surface area contributed by atoms with Gasteiger partial charge in [-0.2, -0.15) is 5.10 Å². The second-order valence-electron chi connectivity index (χ2n) is 9.13. The SMILES string of the molecule is COc1ccccc1N(CC(=O)N/N=C(/C)c1ccc(NC(=O)c2ccccc2)cc1)S(=O)(=O)c1ccc(C)cc1. The molecule has 41 heavy (non-hydrogen) atoms. The van der Waals surface area contributed by atoms with E-state index in [9.17, 15) is 18.0 Å². The van der Waals surface area contributed by atoms with Crippen LogP contribution in [-0.4, -0.2) is 39.6 Å². The Morgan fingerprint density at radius 2 is 1.46 bits per heavy atom. The van der Waals surface area contributed by atoms with Gasteiger partial charge >= 0.3 is 0 Å². The lowest BCUT2D eigenvalue weighted by atomic mass is 10.1. The summed E-state index contributed by atoms with van der Waals surface area (Å²) in [5, 5.41) is 7.00. The van der Waals surface area contributed by atoms with Crippen molar-refractivity contribution in [1.29, 1.82) is 0 Å². The van der Waals surface area contributed by atoms with Crippen LogP contribution in [0.1, 0.15) is 28.4 Å². The third-order valence-corrected chi connectivity index (χ3v) is 7.97. The Kier molecular flexibility index (Phi) is 9.15. The lowest BCUT2D eigenvalue weighted by molar-refractivity contribution is -0.119. The Morgan fingerprint density at radius 1 is 0.829 bits per heavy atom. The van der Waals surface area contributed by atoms with E-state index >= 15 is 0 Å². The van der Waals surface area contributed by atoms with E-state index in [4.69, 9.17) is 4.74 Å². The van der Waals surface area contributed by atoms with Crippen molar-refractivity contribution in [1.82, 2.24) is 5.43 Å². The highest BCUT2D eigenvalue weighted by Gasteiger charge is 2.29. The van der Waals surface area contributed by atoms with Gasteiger partial charge in [-0.1, -0.05) is 60.2 Å². The van der Waals surface area contributed by atoms with E-state index in [0.717, 1.165) is 9.87 Å². The van der Waals surface area contributed by atoms with Crippen molar-refractivity contribution in [2.24, 2.45) is 5.10 Å². The van der Waals surface area contributed by atoms with Crippen LogP contribution in [0.15, 0.2) is 113 Å². The van der Waals surface area contributed by atoms with Gasteiger partial charge < -0.3 is 10.1 Å². The molecule has 0 atom stereocenters. The molecule has 0 spiro atoms. The van der Waals surface area contributed by atoms with E-state index in [-0.39, 0.29) is 16.5 Å². The second kappa shape index (κ2) is 12.9. The molecule has 10 heteroatoms. The molecule has 0 saturated heterocycles. The summed E-state index contributed by atoms with van der Waals surface area (Å²) in [7, 11) is -2.68. The van der Waals surface area contributed by atoms with Gasteiger partial charge in [-0.05, 0) is 67.9 Å². The van der Waals surface area contributed by atoms with Gasteiger partial charge in [0, 0.05) is 11.3 Å². The highest BCUT2D eigenvalue weighted by Crippen LogP contribution is 2.32. The molecule has 0 radical (unpaired) electrons. The zero-order valence-electron chi connectivity index (χ0n) is 22.9. The van der Waals surface area contributed by atoms with E-state index in [1.165, 1.54) is 19.2 Å². The summed E-state index contributed by atoms with van der Waals surface area (Å²) in [4.78, 5) is 25.4. The van der Waals surface area contributed by atoms with E-state index in [1.807, 2.05) is 13.0 Å². The third kappa shape index (κ3) is 7.17. The minimum atomic E-state index is -4.11. The monoisotopic (exact) mass is 570 g/mol. The summed E-state index contributed by atoms with van der Waals surface area (Å²) < 4.78 is 33.6. The van der Waals surface area contributed by atoms with Crippen LogP contribution in [0.5, 0.6) is 5.75 Å². The second-order valence-corrected chi connectivity index (χ2v) is 11.0. The smallest absolute Gasteiger partial charge is 0.264 e. The number of ether oxygens (including phenoxy) is 1. The number of sulfonamides is 1. The van der Waals surface area contributed by atoms with E-state index in [0.29, 0.717) is 28.3 Å². The molecule has 0 aliphatic heterocycles. The average molecular weight is 571 g/mol. The lowest BCUT2D eigenvalue weighted by Crippen LogP contribution is -2.40. The number of carbonyl (C=O) groups excluding carboxylic acids is 2. The van der Waals surface area contributed by atoms with E-state index in [2.05, 4.69) is 15.8 Å². The van der Waals surface area contributed by atoms with Crippen molar-refractivity contribution >= 4 is 38.9 Å². The van der Waals surface area contributed by atoms with Crippen molar-refractivity contribution in [2.75, 3.05) is 23.3 Å². The van der Waals surface area contributed by atoms with Crippen LogP contribution in [-0.2, 0) is 14.8 Å². The summed E-state index contributed by atoms with van der Waals surface area (Å²) >= 11 is 0. The van der Waals surface area contributed by atoms with Gasteiger partial charge in [-0.25, -0.2) is 13.8 Å². The van der Waals surface area contributed by atoms with Crippen molar-refractivity contribution in [3.63, 3.8) is 0 Å². The number of hydrogen-bond acceptors (Lipinski definition) is 6. The normalized spacial score (nSPS) is 11.4. The number of hydrazone groups is 1. The summed E-state index contributed by atoms with van der Waals surface area (Å²) in [6.45, 7) is 3.03. The molecule has 0 saturated carbocycles. The maximum Gasteiger partial charge on any atom is 0.264 e. The zero-order chi connectivity index (χ0) is 29.4. The quantitative estimate of drug-likeness (QED) is 0.206. The number of nitrogens with one attached hydrogen (secondary N) is 2. The molecule has 0 heterocycles. The molecule has 0 bridgehead atoms. The maximum atomic E-state index is 13.6. The predicted octanol–water partition coefficient (Wildman–Crippen LogP) is 4.99. The van der Waals surface area contributed by atoms with Gasteiger partial charge in [0.05, 0.1) is 23.4 Å². The number of benzene rings is 4. The topological polar surface area (TPSA) is 117 Å². The molecule has 2 amide bonds. The number of methoxy groups -OCH3 is 1. The van der Waals surface area contributed by atoms with Crippen molar-refractivity contribution in [3.05, 3.63) is 120 Å². The number of carbonyl (C=O) groups is 2. The molecule has 0 aliphatic carbocycles. The number of hydrogen-bond donors (Lipinski definition) is 2.